The Morgan fingerprint density at radius 1 is 1.00 bits per heavy atom. The molecule has 2 heterocycles. The third-order valence-corrected chi connectivity index (χ3v) is 6.12. The Morgan fingerprint density at radius 2 is 1.74 bits per heavy atom. The summed E-state index contributed by atoms with van der Waals surface area (Å²) in [4.78, 5) is 40.9. The standard InChI is InChI=1S/C26H29N3O5/c1-18-8-2-5-12-21(18)24(26(32)28-19-9-3-4-10-19)29(17-20-11-6-14-33-20)23(30)16-27-25(31)22-13-7-15-34-22/h2,5-8,11-15,19,24H,3-4,9-10,16-17H2,1H3,(H,27,31)(H,28,32). The van der Waals surface area contributed by atoms with Crippen LogP contribution in [0.25, 0.3) is 0 Å². The number of carbonyl (C=O) groups is 3. The van der Waals surface area contributed by atoms with Crippen molar-refractivity contribution in [2.75, 3.05) is 6.54 Å². The first-order valence-corrected chi connectivity index (χ1v) is 11.5. The highest BCUT2D eigenvalue weighted by atomic mass is 16.3. The van der Waals surface area contributed by atoms with Crippen LogP contribution in [-0.4, -0.2) is 35.2 Å². The highest BCUT2D eigenvalue weighted by Gasteiger charge is 2.34. The second-order valence-electron chi connectivity index (χ2n) is 8.51. The number of furan rings is 2. The summed E-state index contributed by atoms with van der Waals surface area (Å²) in [5.74, 6) is -0.499. The van der Waals surface area contributed by atoms with Crippen LogP contribution in [0.2, 0.25) is 0 Å². The molecule has 0 radical (unpaired) electrons. The summed E-state index contributed by atoms with van der Waals surface area (Å²) in [6.45, 7) is 1.71. The van der Waals surface area contributed by atoms with Crippen molar-refractivity contribution < 1.29 is 23.2 Å². The lowest BCUT2D eigenvalue weighted by Crippen LogP contribution is -2.48. The van der Waals surface area contributed by atoms with E-state index in [1.54, 1.807) is 18.2 Å². The number of nitrogens with zero attached hydrogens (tertiary/aromatic N) is 1. The van der Waals surface area contributed by atoms with Gasteiger partial charge in [-0.05, 0) is 55.2 Å². The van der Waals surface area contributed by atoms with Crippen LogP contribution < -0.4 is 10.6 Å². The Hall–Kier alpha value is -3.81. The summed E-state index contributed by atoms with van der Waals surface area (Å²) in [6.07, 6.45) is 6.93. The molecule has 1 aromatic carbocycles. The maximum Gasteiger partial charge on any atom is 0.287 e. The molecule has 0 saturated heterocycles. The molecule has 0 bridgehead atoms. The monoisotopic (exact) mass is 463 g/mol. The van der Waals surface area contributed by atoms with Gasteiger partial charge in [0.2, 0.25) is 11.8 Å². The zero-order valence-corrected chi connectivity index (χ0v) is 19.2. The molecular formula is C26H29N3O5. The maximum absolute atomic E-state index is 13.6. The molecule has 178 valence electrons. The Kier molecular flexibility index (Phi) is 7.47. The lowest BCUT2D eigenvalue weighted by atomic mass is 9.98. The van der Waals surface area contributed by atoms with E-state index in [1.807, 2.05) is 31.2 Å². The number of benzene rings is 1. The van der Waals surface area contributed by atoms with Crippen LogP contribution in [0.4, 0.5) is 0 Å². The van der Waals surface area contributed by atoms with Gasteiger partial charge in [0.05, 0.1) is 25.6 Å². The average Bonchev–Trinajstić information content (AvgIpc) is 3.62. The van der Waals surface area contributed by atoms with Gasteiger partial charge in [-0.2, -0.15) is 0 Å². The van der Waals surface area contributed by atoms with Crippen LogP contribution in [0.5, 0.6) is 0 Å². The molecule has 8 heteroatoms. The Labute approximate surface area is 198 Å². The fourth-order valence-corrected chi connectivity index (χ4v) is 4.34. The predicted octanol–water partition coefficient (Wildman–Crippen LogP) is 3.74. The van der Waals surface area contributed by atoms with Gasteiger partial charge in [-0.3, -0.25) is 14.4 Å². The highest BCUT2D eigenvalue weighted by Crippen LogP contribution is 2.28. The fraction of sp³-hybridized carbons (Fsp3) is 0.346. The first-order valence-electron chi connectivity index (χ1n) is 11.5. The molecule has 1 aliphatic carbocycles. The van der Waals surface area contributed by atoms with Gasteiger partial charge in [0.25, 0.3) is 5.91 Å². The van der Waals surface area contributed by atoms with E-state index >= 15 is 0 Å². The van der Waals surface area contributed by atoms with Crippen molar-refractivity contribution in [2.45, 2.75) is 51.2 Å². The van der Waals surface area contributed by atoms with Gasteiger partial charge in [0.1, 0.15) is 11.8 Å². The SMILES string of the molecule is Cc1ccccc1C(C(=O)NC1CCCC1)N(Cc1ccco1)C(=O)CNC(=O)c1ccco1. The first-order chi connectivity index (χ1) is 16.5. The Bertz CT molecular complexity index is 1100. The first kappa shape index (κ1) is 23.4. The van der Waals surface area contributed by atoms with Crippen LogP contribution in [0.3, 0.4) is 0 Å². The normalized spacial score (nSPS) is 14.5. The molecule has 1 fully saturated rings. The number of amides is 3. The van der Waals surface area contributed by atoms with E-state index in [9.17, 15) is 14.4 Å². The van der Waals surface area contributed by atoms with Crippen molar-refractivity contribution in [2.24, 2.45) is 0 Å². The topological polar surface area (TPSA) is 105 Å². The molecule has 2 aromatic heterocycles. The minimum Gasteiger partial charge on any atom is -0.467 e. The minimum absolute atomic E-state index is 0.0829. The summed E-state index contributed by atoms with van der Waals surface area (Å²) in [5, 5.41) is 5.73. The molecule has 1 aliphatic rings. The zero-order valence-electron chi connectivity index (χ0n) is 19.2. The second-order valence-corrected chi connectivity index (χ2v) is 8.51. The lowest BCUT2D eigenvalue weighted by molar-refractivity contribution is -0.141. The molecule has 0 spiro atoms. The molecule has 1 atom stereocenters. The minimum atomic E-state index is -0.875. The zero-order chi connectivity index (χ0) is 23.9. The number of hydrogen-bond donors (Lipinski definition) is 2. The van der Waals surface area contributed by atoms with E-state index in [-0.39, 0.29) is 30.8 Å². The van der Waals surface area contributed by atoms with E-state index in [2.05, 4.69) is 10.6 Å². The van der Waals surface area contributed by atoms with Crippen LogP contribution in [0.15, 0.2) is 69.9 Å². The van der Waals surface area contributed by atoms with Crippen molar-refractivity contribution in [1.82, 2.24) is 15.5 Å². The third kappa shape index (κ3) is 5.57. The van der Waals surface area contributed by atoms with Crippen molar-refractivity contribution in [3.05, 3.63) is 83.7 Å². The smallest absolute Gasteiger partial charge is 0.287 e. The molecule has 8 nitrogen and oxygen atoms in total. The lowest BCUT2D eigenvalue weighted by Gasteiger charge is -2.32. The number of rotatable bonds is 9. The van der Waals surface area contributed by atoms with Gasteiger partial charge >= 0.3 is 0 Å². The molecule has 34 heavy (non-hydrogen) atoms. The highest BCUT2D eigenvalue weighted by molar-refractivity contribution is 5.95. The van der Waals surface area contributed by atoms with E-state index in [0.717, 1.165) is 36.8 Å². The van der Waals surface area contributed by atoms with Crippen molar-refractivity contribution in [3.8, 4) is 0 Å². The van der Waals surface area contributed by atoms with Gasteiger partial charge < -0.3 is 24.4 Å². The van der Waals surface area contributed by atoms with Crippen LogP contribution >= 0.6 is 0 Å². The van der Waals surface area contributed by atoms with Gasteiger partial charge in [-0.1, -0.05) is 37.1 Å². The van der Waals surface area contributed by atoms with Gasteiger partial charge in [-0.15, -0.1) is 0 Å². The van der Waals surface area contributed by atoms with E-state index in [1.165, 1.54) is 23.5 Å². The fourth-order valence-electron chi connectivity index (χ4n) is 4.34. The Balaban J connectivity index is 1.62. The second kappa shape index (κ2) is 10.9. The molecule has 3 aromatic rings. The summed E-state index contributed by atoms with van der Waals surface area (Å²) >= 11 is 0. The summed E-state index contributed by atoms with van der Waals surface area (Å²) in [5.41, 5.74) is 1.63. The van der Waals surface area contributed by atoms with Gasteiger partial charge in [0.15, 0.2) is 5.76 Å². The molecule has 3 amide bonds. The molecule has 1 saturated carbocycles. The number of hydrogen-bond acceptors (Lipinski definition) is 5. The average molecular weight is 464 g/mol. The molecule has 0 aliphatic heterocycles. The van der Waals surface area contributed by atoms with E-state index < -0.39 is 17.9 Å². The quantitative estimate of drug-likeness (QED) is 0.503. The van der Waals surface area contributed by atoms with Crippen LogP contribution in [0.1, 0.15) is 59.2 Å². The summed E-state index contributed by atoms with van der Waals surface area (Å²) < 4.78 is 10.6. The largest absolute Gasteiger partial charge is 0.467 e. The predicted molar refractivity (Wildman–Crippen MR) is 125 cm³/mol. The summed E-state index contributed by atoms with van der Waals surface area (Å²) in [6, 6.07) is 13.4. The van der Waals surface area contributed by atoms with Crippen molar-refractivity contribution in [3.63, 3.8) is 0 Å². The van der Waals surface area contributed by atoms with Crippen LogP contribution in [0, 0.1) is 6.92 Å². The van der Waals surface area contributed by atoms with Crippen molar-refractivity contribution >= 4 is 17.7 Å². The number of aryl methyl sites for hydroxylation is 1. The maximum atomic E-state index is 13.6. The Morgan fingerprint density at radius 3 is 2.41 bits per heavy atom. The molecular weight excluding hydrogens is 434 g/mol. The third-order valence-electron chi connectivity index (χ3n) is 6.12. The van der Waals surface area contributed by atoms with Crippen LogP contribution in [-0.2, 0) is 16.1 Å². The van der Waals surface area contributed by atoms with E-state index in [4.69, 9.17) is 8.83 Å². The molecule has 2 N–H and O–H groups in total. The van der Waals surface area contributed by atoms with Gasteiger partial charge in [0, 0.05) is 6.04 Å². The van der Waals surface area contributed by atoms with Crippen molar-refractivity contribution in [1.29, 1.82) is 0 Å². The molecule has 1 unspecified atom stereocenters. The summed E-state index contributed by atoms with van der Waals surface area (Å²) in [7, 11) is 0. The van der Waals surface area contributed by atoms with Gasteiger partial charge in [-0.25, -0.2) is 0 Å². The number of carbonyl (C=O) groups excluding carboxylic acids is 3. The number of nitrogens with one attached hydrogen (secondary N) is 2. The molecule has 4 rings (SSSR count). The van der Waals surface area contributed by atoms with E-state index in [0.29, 0.717) is 5.76 Å².